The first-order valence-corrected chi connectivity index (χ1v) is 7.83. The third-order valence-corrected chi connectivity index (χ3v) is 4.10. The van der Waals surface area contributed by atoms with E-state index < -0.39 is 0 Å². The van der Waals surface area contributed by atoms with Crippen LogP contribution in [-0.4, -0.2) is 31.1 Å². The molecule has 2 rings (SSSR count). The number of hydrogen-bond donors (Lipinski definition) is 1. The molecular weight excluding hydrogens is 256 g/mol. The van der Waals surface area contributed by atoms with E-state index in [1.165, 1.54) is 44.5 Å². The lowest BCUT2D eigenvalue weighted by Gasteiger charge is -2.32. The maximum atomic E-state index is 6.03. The summed E-state index contributed by atoms with van der Waals surface area (Å²) < 4.78 is 0. The molecule has 1 fully saturated rings. The molecule has 1 aromatic carbocycles. The summed E-state index contributed by atoms with van der Waals surface area (Å²) in [6, 6.07) is 8.23. The van der Waals surface area contributed by atoms with Gasteiger partial charge in [0.1, 0.15) is 0 Å². The zero-order chi connectivity index (χ0) is 13.5. The fourth-order valence-corrected chi connectivity index (χ4v) is 2.94. The Hall–Kier alpha value is -0.570. The molecule has 106 valence electrons. The topological polar surface area (TPSA) is 15.3 Å². The van der Waals surface area contributed by atoms with Crippen molar-refractivity contribution in [3.8, 4) is 0 Å². The molecule has 1 aliphatic rings. The molecule has 0 amide bonds. The summed E-state index contributed by atoms with van der Waals surface area (Å²) in [4.78, 5) is 2.54. The molecule has 1 saturated heterocycles. The molecule has 0 saturated carbocycles. The Kier molecular flexibility index (Phi) is 6.15. The molecule has 0 bridgehead atoms. The fourth-order valence-electron chi connectivity index (χ4n) is 2.73. The number of likely N-dealkylation sites (tertiary alicyclic amines) is 1. The highest BCUT2D eigenvalue weighted by molar-refractivity contribution is 6.30. The molecular formula is C16H25ClN2. The molecule has 0 radical (unpaired) electrons. The Balaban J connectivity index is 1.71. The predicted octanol–water partition coefficient (Wildman–Crippen LogP) is 3.55. The molecule has 1 N–H and O–H groups in total. The minimum absolute atomic E-state index is 0.844. The quantitative estimate of drug-likeness (QED) is 0.802. The third kappa shape index (κ3) is 5.13. The van der Waals surface area contributed by atoms with Gasteiger partial charge >= 0.3 is 0 Å². The van der Waals surface area contributed by atoms with Crippen LogP contribution < -0.4 is 5.32 Å². The molecule has 3 heteroatoms. The van der Waals surface area contributed by atoms with Crippen molar-refractivity contribution in [3.05, 3.63) is 34.9 Å². The van der Waals surface area contributed by atoms with Gasteiger partial charge < -0.3 is 5.32 Å². The average molecular weight is 281 g/mol. The maximum Gasteiger partial charge on any atom is 0.0409 e. The number of hydrogen-bond acceptors (Lipinski definition) is 2. The first-order chi connectivity index (χ1) is 9.28. The highest BCUT2D eigenvalue weighted by Gasteiger charge is 2.18. The minimum Gasteiger partial charge on any atom is -0.316 e. The van der Waals surface area contributed by atoms with Crippen molar-refractivity contribution in [2.45, 2.75) is 32.7 Å². The number of rotatable bonds is 6. The molecule has 1 aromatic rings. The smallest absolute Gasteiger partial charge is 0.0409 e. The summed E-state index contributed by atoms with van der Waals surface area (Å²) >= 11 is 6.03. The van der Waals surface area contributed by atoms with E-state index in [2.05, 4.69) is 29.3 Å². The van der Waals surface area contributed by atoms with Crippen LogP contribution in [0.3, 0.4) is 0 Å². The number of piperidine rings is 1. The van der Waals surface area contributed by atoms with E-state index in [9.17, 15) is 0 Å². The highest BCUT2D eigenvalue weighted by atomic mass is 35.5. The van der Waals surface area contributed by atoms with E-state index in [1.807, 2.05) is 12.1 Å². The Labute approximate surface area is 122 Å². The summed E-state index contributed by atoms with van der Waals surface area (Å²) in [6.45, 7) is 8.04. The summed E-state index contributed by atoms with van der Waals surface area (Å²) in [5.41, 5.74) is 1.33. The van der Waals surface area contributed by atoms with Crippen LogP contribution in [0, 0.1) is 5.92 Å². The summed E-state index contributed by atoms with van der Waals surface area (Å²) in [6.07, 6.45) is 3.86. The Morgan fingerprint density at radius 3 is 2.79 bits per heavy atom. The van der Waals surface area contributed by atoms with Gasteiger partial charge in [0.15, 0.2) is 0 Å². The molecule has 0 aromatic heterocycles. The Bertz CT molecular complexity index is 373. The van der Waals surface area contributed by atoms with Crippen molar-refractivity contribution in [2.75, 3.05) is 26.2 Å². The van der Waals surface area contributed by atoms with Gasteiger partial charge in [0.2, 0.25) is 0 Å². The van der Waals surface area contributed by atoms with Gasteiger partial charge in [-0.3, -0.25) is 4.90 Å². The molecule has 0 atom stereocenters. The number of nitrogens with one attached hydrogen (secondary N) is 1. The van der Waals surface area contributed by atoms with Gasteiger partial charge in [0.05, 0.1) is 0 Å². The van der Waals surface area contributed by atoms with Crippen LogP contribution in [0.1, 0.15) is 31.7 Å². The predicted molar refractivity (Wildman–Crippen MR) is 82.6 cm³/mol. The van der Waals surface area contributed by atoms with E-state index >= 15 is 0 Å². The summed E-state index contributed by atoms with van der Waals surface area (Å²) in [7, 11) is 0. The first-order valence-electron chi connectivity index (χ1n) is 7.45. The SMILES string of the molecule is CCCNCC1CCN(Cc2cccc(Cl)c2)CC1. The summed E-state index contributed by atoms with van der Waals surface area (Å²) in [5, 5.41) is 4.38. The largest absolute Gasteiger partial charge is 0.316 e. The number of benzene rings is 1. The average Bonchev–Trinajstić information content (AvgIpc) is 2.41. The molecule has 1 heterocycles. The van der Waals surface area contributed by atoms with Gasteiger partial charge in [-0.2, -0.15) is 0 Å². The molecule has 2 nitrogen and oxygen atoms in total. The van der Waals surface area contributed by atoms with Crippen molar-refractivity contribution >= 4 is 11.6 Å². The van der Waals surface area contributed by atoms with Crippen molar-refractivity contribution in [2.24, 2.45) is 5.92 Å². The van der Waals surface area contributed by atoms with E-state index in [4.69, 9.17) is 11.6 Å². The van der Waals surface area contributed by atoms with Gasteiger partial charge in [-0.05, 0) is 69.1 Å². The zero-order valence-electron chi connectivity index (χ0n) is 11.9. The lowest BCUT2D eigenvalue weighted by atomic mass is 9.96. The lowest BCUT2D eigenvalue weighted by molar-refractivity contribution is 0.175. The lowest BCUT2D eigenvalue weighted by Crippen LogP contribution is -2.37. The van der Waals surface area contributed by atoms with Gasteiger partial charge in [-0.1, -0.05) is 30.7 Å². The summed E-state index contributed by atoms with van der Waals surface area (Å²) in [5.74, 6) is 0.863. The van der Waals surface area contributed by atoms with Crippen molar-refractivity contribution < 1.29 is 0 Å². The van der Waals surface area contributed by atoms with E-state index in [0.717, 1.165) is 24.0 Å². The highest BCUT2D eigenvalue weighted by Crippen LogP contribution is 2.19. The van der Waals surface area contributed by atoms with E-state index in [0.29, 0.717) is 0 Å². The van der Waals surface area contributed by atoms with Crippen LogP contribution in [0.25, 0.3) is 0 Å². The van der Waals surface area contributed by atoms with E-state index in [-0.39, 0.29) is 0 Å². The van der Waals surface area contributed by atoms with Crippen molar-refractivity contribution in [1.82, 2.24) is 10.2 Å². The third-order valence-electron chi connectivity index (χ3n) is 3.86. The molecule has 0 aliphatic carbocycles. The normalized spacial score (nSPS) is 17.8. The van der Waals surface area contributed by atoms with Crippen LogP contribution >= 0.6 is 11.6 Å². The number of halogens is 1. The Morgan fingerprint density at radius 1 is 1.32 bits per heavy atom. The molecule has 0 unspecified atom stereocenters. The van der Waals surface area contributed by atoms with Crippen molar-refractivity contribution in [3.63, 3.8) is 0 Å². The second kappa shape index (κ2) is 7.88. The van der Waals surface area contributed by atoms with Crippen molar-refractivity contribution in [1.29, 1.82) is 0 Å². The van der Waals surface area contributed by atoms with Gasteiger partial charge in [0, 0.05) is 11.6 Å². The van der Waals surface area contributed by atoms with Crippen LogP contribution in [0.15, 0.2) is 24.3 Å². The van der Waals surface area contributed by atoms with Gasteiger partial charge in [-0.15, -0.1) is 0 Å². The van der Waals surface area contributed by atoms with Crippen LogP contribution in [0.2, 0.25) is 5.02 Å². The standard InChI is InChI=1S/C16H25ClN2/c1-2-8-18-12-14-6-9-19(10-7-14)13-15-4-3-5-16(17)11-15/h3-5,11,14,18H,2,6-10,12-13H2,1H3. The van der Waals surface area contributed by atoms with Gasteiger partial charge in [0.25, 0.3) is 0 Å². The minimum atomic E-state index is 0.844. The van der Waals surface area contributed by atoms with E-state index in [1.54, 1.807) is 0 Å². The first kappa shape index (κ1) is 14.8. The van der Waals surface area contributed by atoms with Crippen LogP contribution in [0.4, 0.5) is 0 Å². The van der Waals surface area contributed by atoms with Gasteiger partial charge in [-0.25, -0.2) is 0 Å². The monoisotopic (exact) mass is 280 g/mol. The second-order valence-corrected chi connectivity index (χ2v) is 5.99. The van der Waals surface area contributed by atoms with Crippen LogP contribution in [-0.2, 0) is 6.54 Å². The molecule has 19 heavy (non-hydrogen) atoms. The van der Waals surface area contributed by atoms with Crippen LogP contribution in [0.5, 0.6) is 0 Å². The maximum absolute atomic E-state index is 6.03. The fraction of sp³-hybridized carbons (Fsp3) is 0.625. The molecule has 1 aliphatic heterocycles. The molecule has 0 spiro atoms. The number of nitrogens with zero attached hydrogens (tertiary/aromatic N) is 1. The second-order valence-electron chi connectivity index (χ2n) is 5.55. The zero-order valence-corrected chi connectivity index (χ0v) is 12.6. The Morgan fingerprint density at radius 2 is 2.11 bits per heavy atom.